The quantitative estimate of drug-likeness (QED) is 0.183. The molecule has 3 amide bonds. The fraction of sp³-hybridized carbons (Fsp3) is 0.439. The van der Waals surface area contributed by atoms with E-state index in [1.54, 1.807) is 22.5 Å². The second-order valence-corrected chi connectivity index (χ2v) is 15.7. The maximum absolute atomic E-state index is 13.4. The molecule has 3 fully saturated rings. The Bertz CT molecular complexity index is 2540. The van der Waals surface area contributed by atoms with Gasteiger partial charge in [-0.3, -0.25) is 38.5 Å². The Morgan fingerprint density at radius 3 is 2.53 bits per heavy atom. The van der Waals surface area contributed by atoms with Crippen LogP contribution in [0.4, 0.5) is 24.5 Å². The van der Waals surface area contributed by atoms with Crippen molar-refractivity contribution in [2.75, 3.05) is 36.9 Å². The standard InChI is InChI=1S/C41H43F3N10O5/c1-50(28-12-14-52(15-13-28)32-4-3-5-33-37(32)51(2)40(58)54(33)34-10-11-36(55)48-39(34)57)22-24-6-8-29(9-7-24)53-23-27-17-31(35(18-30(27)49-53)59-41(42,43)44)47-38(56)26-16-25(19-45)20-46-21-26/h3-5,16-18,20-21,23-24,28-29,34H,6-15,22H2,1-2H3,(H,47,56)(H,48,55,57)/t24-,29-,34?. The molecule has 0 spiro atoms. The lowest BCUT2D eigenvalue weighted by molar-refractivity contribution is -0.274. The number of carbonyl (C=O) groups excluding carboxylic acids is 3. The number of alkyl halides is 3. The van der Waals surface area contributed by atoms with Crippen LogP contribution in [0, 0.1) is 17.2 Å². The number of fused-ring (bicyclic) bond motifs is 2. The number of imidazole rings is 1. The topological polar surface area (TPSA) is 172 Å². The number of imide groups is 1. The van der Waals surface area contributed by atoms with Gasteiger partial charge in [-0.25, -0.2) is 4.79 Å². The molecule has 0 bridgehead atoms. The van der Waals surface area contributed by atoms with Gasteiger partial charge in [0.05, 0.1) is 45.1 Å². The first-order valence-corrected chi connectivity index (χ1v) is 19.7. The third kappa shape index (κ3) is 8.11. The van der Waals surface area contributed by atoms with Crippen LogP contribution < -0.4 is 26.0 Å². The first kappa shape index (κ1) is 39.6. The van der Waals surface area contributed by atoms with Crippen LogP contribution in [0.5, 0.6) is 5.75 Å². The molecular formula is C41H43F3N10O5. The zero-order chi connectivity index (χ0) is 41.6. The van der Waals surface area contributed by atoms with E-state index < -0.39 is 30.0 Å². The van der Waals surface area contributed by atoms with E-state index in [0.717, 1.165) is 69.4 Å². The number of nitrogens with one attached hydrogen (secondary N) is 2. The maximum atomic E-state index is 13.4. The van der Waals surface area contributed by atoms with Crippen molar-refractivity contribution in [2.45, 2.75) is 75.9 Å². The van der Waals surface area contributed by atoms with E-state index >= 15 is 0 Å². The second-order valence-electron chi connectivity index (χ2n) is 15.7. The van der Waals surface area contributed by atoms with E-state index in [2.05, 4.69) is 42.3 Å². The molecule has 1 unspecified atom stereocenters. The molecule has 5 aromatic rings. The number of piperidine rings is 2. The number of hydrogen-bond acceptors (Lipinski definition) is 10. The summed E-state index contributed by atoms with van der Waals surface area (Å²) in [7, 11) is 3.89. The molecule has 1 aliphatic carbocycles. The molecule has 3 aliphatic rings. The fourth-order valence-corrected chi connectivity index (χ4v) is 8.98. The number of hydrogen-bond donors (Lipinski definition) is 2. The number of nitriles is 1. The molecule has 2 aromatic carbocycles. The molecule has 18 heteroatoms. The van der Waals surface area contributed by atoms with Gasteiger partial charge in [-0.05, 0) is 82.2 Å². The van der Waals surface area contributed by atoms with Gasteiger partial charge >= 0.3 is 12.1 Å². The highest BCUT2D eigenvalue weighted by Gasteiger charge is 2.35. The summed E-state index contributed by atoms with van der Waals surface area (Å²) in [5, 5.41) is 19.2. The van der Waals surface area contributed by atoms with Crippen molar-refractivity contribution in [2.24, 2.45) is 13.0 Å². The summed E-state index contributed by atoms with van der Waals surface area (Å²) in [6.07, 6.45) is 5.24. The van der Waals surface area contributed by atoms with Gasteiger partial charge in [0.15, 0.2) is 5.75 Å². The SMILES string of the molecule is CN(C[C@H]1CC[C@H](n2cc3cc(NC(=O)c4cncc(C#N)c4)c(OC(F)(F)F)cc3n2)CC1)C1CCN(c2cccc3c2n(C)c(=O)n3C2CCC(=O)NC2=O)CC1. The molecule has 308 valence electrons. The average molecular weight is 813 g/mol. The molecule has 5 heterocycles. The normalized spacial score (nSPS) is 20.6. The second kappa shape index (κ2) is 15.9. The summed E-state index contributed by atoms with van der Waals surface area (Å²) >= 11 is 0. The van der Waals surface area contributed by atoms with Gasteiger partial charge < -0.3 is 19.9 Å². The number of para-hydroxylation sites is 1. The molecular weight excluding hydrogens is 770 g/mol. The zero-order valence-electron chi connectivity index (χ0n) is 32.5. The van der Waals surface area contributed by atoms with Crippen LogP contribution in [0.15, 0.2) is 59.8 Å². The Hall–Kier alpha value is -6.22. The van der Waals surface area contributed by atoms with Crippen LogP contribution in [-0.2, 0) is 16.6 Å². The van der Waals surface area contributed by atoms with Crippen molar-refractivity contribution in [3.63, 3.8) is 0 Å². The van der Waals surface area contributed by atoms with Gasteiger partial charge in [-0.2, -0.15) is 10.4 Å². The molecule has 1 saturated carbocycles. The Labute approximate surface area is 336 Å². The molecule has 2 N–H and O–H groups in total. The van der Waals surface area contributed by atoms with E-state index in [1.807, 2.05) is 24.3 Å². The summed E-state index contributed by atoms with van der Waals surface area (Å²) in [5.41, 5.74) is 2.36. The number of amides is 3. The predicted molar refractivity (Wildman–Crippen MR) is 211 cm³/mol. The van der Waals surface area contributed by atoms with Gasteiger partial charge in [0.1, 0.15) is 12.1 Å². The Balaban J connectivity index is 0.886. The van der Waals surface area contributed by atoms with Gasteiger partial charge in [-0.15, -0.1) is 13.2 Å². The van der Waals surface area contributed by atoms with Crippen LogP contribution in [-0.4, -0.2) is 85.6 Å². The summed E-state index contributed by atoms with van der Waals surface area (Å²) in [4.78, 5) is 59.5. The van der Waals surface area contributed by atoms with Crippen LogP contribution >= 0.6 is 0 Å². The highest BCUT2D eigenvalue weighted by Crippen LogP contribution is 2.38. The smallest absolute Gasteiger partial charge is 0.403 e. The minimum absolute atomic E-state index is 0.00842. The van der Waals surface area contributed by atoms with E-state index in [1.165, 1.54) is 35.2 Å². The van der Waals surface area contributed by atoms with Crippen LogP contribution in [0.2, 0.25) is 0 Å². The van der Waals surface area contributed by atoms with Crippen molar-refractivity contribution < 1.29 is 32.3 Å². The number of pyridine rings is 1. The molecule has 3 aromatic heterocycles. The molecule has 8 rings (SSSR count). The zero-order valence-corrected chi connectivity index (χ0v) is 32.5. The lowest BCUT2D eigenvalue weighted by Crippen LogP contribution is -2.45. The highest BCUT2D eigenvalue weighted by atomic mass is 19.4. The third-order valence-electron chi connectivity index (χ3n) is 12.0. The monoisotopic (exact) mass is 812 g/mol. The number of aryl methyl sites for hydroxylation is 1. The molecule has 15 nitrogen and oxygen atoms in total. The number of rotatable bonds is 9. The first-order chi connectivity index (χ1) is 28.3. The third-order valence-corrected chi connectivity index (χ3v) is 12.0. The van der Waals surface area contributed by atoms with Gasteiger partial charge in [-0.1, -0.05) is 6.07 Å². The molecule has 2 aliphatic heterocycles. The van der Waals surface area contributed by atoms with E-state index in [-0.39, 0.29) is 47.3 Å². The number of halogens is 3. The van der Waals surface area contributed by atoms with Crippen molar-refractivity contribution in [1.29, 1.82) is 5.26 Å². The number of anilines is 2. The maximum Gasteiger partial charge on any atom is 0.573 e. The highest BCUT2D eigenvalue weighted by molar-refractivity contribution is 6.06. The minimum Gasteiger partial charge on any atom is -0.403 e. The van der Waals surface area contributed by atoms with Crippen molar-refractivity contribution in [3.05, 3.63) is 76.6 Å². The summed E-state index contributed by atoms with van der Waals surface area (Å²) in [5.74, 6) is -1.66. The predicted octanol–water partition coefficient (Wildman–Crippen LogP) is 5.42. The van der Waals surface area contributed by atoms with E-state index in [9.17, 15) is 32.3 Å². The van der Waals surface area contributed by atoms with Crippen molar-refractivity contribution in [1.82, 2.24) is 34.1 Å². The minimum atomic E-state index is -5.01. The molecule has 2 saturated heterocycles. The van der Waals surface area contributed by atoms with E-state index in [4.69, 9.17) is 5.26 Å². The van der Waals surface area contributed by atoms with Crippen molar-refractivity contribution in [3.8, 4) is 11.8 Å². The van der Waals surface area contributed by atoms with Gasteiger partial charge in [0, 0.05) is 69.2 Å². The Kier molecular flexibility index (Phi) is 10.6. The van der Waals surface area contributed by atoms with E-state index in [0.29, 0.717) is 28.4 Å². The fourth-order valence-electron chi connectivity index (χ4n) is 8.98. The molecule has 59 heavy (non-hydrogen) atoms. The lowest BCUT2D eigenvalue weighted by Gasteiger charge is -2.40. The largest absolute Gasteiger partial charge is 0.573 e. The number of carbonyl (C=O) groups is 3. The summed E-state index contributed by atoms with van der Waals surface area (Å²) in [6.45, 7) is 2.54. The van der Waals surface area contributed by atoms with Crippen LogP contribution in [0.3, 0.4) is 0 Å². The average Bonchev–Trinajstić information content (AvgIpc) is 3.74. The number of aromatic nitrogens is 5. The summed E-state index contributed by atoms with van der Waals surface area (Å²) in [6, 6.07) is 11.2. The Morgan fingerprint density at radius 2 is 1.81 bits per heavy atom. The molecule has 1 atom stereocenters. The lowest BCUT2D eigenvalue weighted by atomic mass is 9.85. The Morgan fingerprint density at radius 1 is 1.05 bits per heavy atom. The summed E-state index contributed by atoms with van der Waals surface area (Å²) < 4.78 is 49.5. The number of ether oxygens (including phenoxy) is 1. The van der Waals surface area contributed by atoms with Crippen molar-refractivity contribution >= 4 is 51.0 Å². The number of benzene rings is 2. The van der Waals surface area contributed by atoms with Gasteiger partial charge in [0.2, 0.25) is 11.8 Å². The van der Waals surface area contributed by atoms with Crippen LogP contribution in [0.25, 0.3) is 21.9 Å². The molecule has 0 radical (unpaired) electrons. The van der Waals surface area contributed by atoms with Crippen LogP contribution in [0.1, 0.15) is 79.4 Å². The van der Waals surface area contributed by atoms with Gasteiger partial charge in [0.25, 0.3) is 5.91 Å². The first-order valence-electron chi connectivity index (χ1n) is 19.7. The number of nitrogens with zero attached hydrogens (tertiary/aromatic N) is 8.